The Hall–Kier alpha value is -4.88. The van der Waals surface area contributed by atoms with Crippen molar-refractivity contribution in [1.29, 1.82) is 0 Å². The van der Waals surface area contributed by atoms with E-state index in [0.717, 1.165) is 19.2 Å². The first-order chi connectivity index (χ1) is 21.9. The Kier molecular flexibility index (Phi) is 9.63. The van der Waals surface area contributed by atoms with Crippen LogP contribution in [-0.2, 0) is 19.8 Å². The third-order valence-corrected chi connectivity index (χ3v) is 7.72. The predicted molar refractivity (Wildman–Crippen MR) is 172 cm³/mol. The highest BCUT2D eigenvalue weighted by atomic mass is 19.4. The molecule has 1 fully saturated rings. The molecule has 0 aliphatic carbocycles. The number of hydrogen-bond donors (Lipinski definition) is 1. The minimum atomic E-state index is -4.58. The molecule has 1 amide bonds. The van der Waals surface area contributed by atoms with Gasteiger partial charge in [0.25, 0.3) is 5.91 Å². The highest BCUT2D eigenvalue weighted by molar-refractivity contribution is 6.05. The molecule has 4 aromatic rings. The van der Waals surface area contributed by atoms with E-state index in [1.165, 1.54) is 24.4 Å². The number of ether oxygens (including phenoxy) is 1. The second-order valence-corrected chi connectivity index (χ2v) is 11.1. The molecule has 240 valence electrons. The highest BCUT2D eigenvalue weighted by Crippen LogP contribution is 2.35. The molecule has 0 radical (unpaired) electrons. The number of nitrogens with zero attached hydrogens (tertiary/aromatic N) is 7. The van der Waals surface area contributed by atoms with Crippen LogP contribution in [0.1, 0.15) is 39.8 Å². The van der Waals surface area contributed by atoms with Gasteiger partial charge in [0, 0.05) is 69.0 Å². The van der Waals surface area contributed by atoms with Crippen LogP contribution in [-0.4, -0.2) is 75.4 Å². The predicted octanol–water partition coefficient (Wildman–Crippen LogP) is 6.10. The second-order valence-electron chi connectivity index (χ2n) is 11.1. The number of fused-ring (bicyclic) bond motifs is 1. The Morgan fingerprint density at radius 1 is 1.11 bits per heavy atom. The zero-order valence-electron chi connectivity index (χ0n) is 26.1. The topological polar surface area (TPSA) is 101 Å². The van der Waals surface area contributed by atoms with Gasteiger partial charge in [0.05, 0.1) is 5.56 Å². The lowest BCUT2D eigenvalue weighted by Crippen LogP contribution is -2.44. The number of anilines is 1. The van der Waals surface area contributed by atoms with Gasteiger partial charge in [-0.05, 0) is 69.1 Å². The molecule has 1 aliphatic rings. The van der Waals surface area contributed by atoms with Gasteiger partial charge in [-0.1, -0.05) is 18.2 Å². The van der Waals surface area contributed by atoms with Gasteiger partial charge in [0.1, 0.15) is 11.1 Å². The molecule has 3 heterocycles. The Bertz CT molecular complexity index is 1820. The van der Waals surface area contributed by atoms with Crippen LogP contribution < -0.4 is 10.1 Å². The lowest BCUT2D eigenvalue weighted by Gasteiger charge is -2.33. The number of aliphatic imine (C=N–C) groups is 1. The third kappa shape index (κ3) is 7.49. The number of carbonyl (C=O) groups is 1. The number of carbonyl (C=O) groups excluding carboxylic acids is 1. The van der Waals surface area contributed by atoms with Gasteiger partial charge in [-0.15, -0.1) is 0 Å². The summed E-state index contributed by atoms with van der Waals surface area (Å²) in [6.07, 6.45) is 2.18. The van der Waals surface area contributed by atoms with Crippen LogP contribution in [0.15, 0.2) is 65.9 Å². The first-order valence-electron chi connectivity index (χ1n) is 14.7. The fraction of sp³-hybridized carbons (Fsp3) is 0.303. The van der Waals surface area contributed by atoms with Gasteiger partial charge < -0.3 is 15.0 Å². The number of aromatic nitrogens is 4. The van der Waals surface area contributed by atoms with E-state index in [0.29, 0.717) is 46.8 Å². The highest BCUT2D eigenvalue weighted by Gasteiger charge is 2.34. The molecule has 10 nitrogen and oxygen atoms in total. The smallest absolute Gasteiger partial charge is 0.416 e. The van der Waals surface area contributed by atoms with Crippen molar-refractivity contribution in [3.63, 3.8) is 0 Å². The molecule has 46 heavy (non-hydrogen) atoms. The monoisotopic (exact) mass is 632 g/mol. The van der Waals surface area contributed by atoms with Gasteiger partial charge in [0.15, 0.2) is 11.5 Å². The van der Waals surface area contributed by atoms with Crippen molar-refractivity contribution in [3.8, 4) is 11.6 Å². The standard InChI is InChI=1S/C33H35F3N8O2/c1-6-22(11-12-37-3)29-39-30-27(20-43(5)41-30)32(40-29)46-25-10-7-21(2)26(18-25)31(45)38-24-9-8-23(28(17-24)33(34,35)36)19-44-15-13-42(4)14-16-44/h6-12,17-18,20H,3,13-16,19H2,1-2,4-5H3,(H,38,45)/b12-11-,22-6+. The molecule has 0 saturated carbocycles. The number of allylic oxidation sites excluding steroid dienone is 3. The number of halogens is 3. The van der Waals surface area contributed by atoms with Crippen molar-refractivity contribution in [2.45, 2.75) is 26.6 Å². The summed E-state index contributed by atoms with van der Waals surface area (Å²) in [5.41, 5.74) is 1.37. The second kappa shape index (κ2) is 13.6. The average Bonchev–Trinajstić information content (AvgIpc) is 3.40. The summed E-state index contributed by atoms with van der Waals surface area (Å²) in [6.45, 7) is 10.2. The number of rotatable bonds is 9. The minimum absolute atomic E-state index is 0.0450. The van der Waals surface area contributed by atoms with Crippen molar-refractivity contribution < 1.29 is 22.7 Å². The molecule has 1 N–H and O–H groups in total. The molecule has 0 bridgehead atoms. The summed E-state index contributed by atoms with van der Waals surface area (Å²) in [5, 5.41) is 7.59. The molecule has 1 saturated heterocycles. The maximum absolute atomic E-state index is 14.1. The number of alkyl halides is 3. The largest absolute Gasteiger partial charge is 0.438 e. The van der Waals surface area contributed by atoms with Gasteiger partial charge in [0.2, 0.25) is 5.88 Å². The number of nitrogens with one attached hydrogen (secondary N) is 1. The SMILES string of the molecule is C=N/C=C\C(=C/C)c1nc(Oc2ccc(C)c(C(=O)Nc3ccc(CN4CCN(C)CC4)c(C(F)(F)F)c3)c2)c2cn(C)nc2n1. The lowest BCUT2D eigenvalue weighted by molar-refractivity contribution is -0.138. The molecule has 5 rings (SSSR count). The maximum atomic E-state index is 14.1. The normalized spacial score (nSPS) is 15.1. The number of hydrogen-bond acceptors (Lipinski definition) is 8. The number of aryl methyl sites for hydroxylation is 2. The van der Waals surface area contributed by atoms with Gasteiger partial charge in [-0.25, -0.2) is 4.98 Å². The van der Waals surface area contributed by atoms with E-state index in [1.54, 1.807) is 43.1 Å². The third-order valence-electron chi connectivity index (χ3n) is 7.72. The number of benzene rings is 2. The fourth-order valence-corrected chi connectivity index (χ4v) is 5.15. The number of piperazine rings is 1. The van der Waals surface area contributed by atoms with E-state index in [9.17, 15) is 18.0 Å². The molecular formula is C33H35F3N8O2. The number of likely N-dealkylation sites (N-methyl/N-ethyl adjacent to an activating group) is 1. The van der Waals surface area contributed by atoms with E-state index >= 15 is 0 Å². The van der Waals surface area contributed by atoms with Crippen molar-refractivity contribution in [2.75, 3.05) is 38.5 Å². The average molecular weight is 633 g/mol. The van der Waals surface area contributed by atoms with Gasteiger partial charge in [-0.3, -0.25) is 19.4 Å². The molecule has 0 atom stereocenters. The first kappa shape index (κ1) is 32.5. The lowest BCUT2D eigenvalue weighted by atomic mass is 10.0. The quantitative estimate of drug-likeness (QED) is 0.176. The first-order valence-corrected chi connectivity index (χ1v) is 14.7. The minimum Gasteiger partial charge on any atom is -0.438 e. The summed E-state index contributed by atoms with van der Waals surface area (Å²) in [6, 6.07) is 8.85. The molecule has 2 aromatic carbocycles. The summed E-state index contributed by atoms with van der Waals surface area (Å²) >= 11 is 0. The van der Waals surface area contributed by atoms with Crippen molar-refractivity contribution >= 4 is 34.9 Å². The van der Waals surface area contributed by atoms with E-state index in [1.807, 2.05) is 24.9 Å². The van der Waals surface area contributed by atoms with E-state index < -0.39 is 17.6 Å². The Morgan fingerprint density at radius 3 is 2.57 bits per heavy atom. The summed E-state index contributed by atoms with van der Waals surface area (Å²) in [5.74, 6) is 0.295. The van der Waals surface area contributed by atoms with Crippen LogP contribution in [0.25, 0.3) is 16.6 Å². The molecule has 2 aromatic heterocycles. The van der Waals surface area contributed by atoms with Gasteiger partial charge in [-0.2, -0.15) is 23.3 Å². The Labute approximate surface area is 264 Å². The summed E-state index contributed by atoms with van der Waals surface area (Å²) < 4.78 is 50.1. The molecule has 1 aliphatic heterocycles. The summed E-state index contributed by atoms with van der Waals surface area (Å²) in [7, 11) is 3.74. The van der Waals surface area contributed by atoms with Crippen LogP contribution in [0.2, 0.25) is 0 Å². The zero-order chi connectivity index (χ0) is 33.0. The fourth-order valence-electron chi connectivity index (χ4n) is 5.15. The Morgan fingerprint density at radius 2 is 1.87 bits per heavy atom. The van der Waals surface area contributed by atoms with Crippen LogP contribution in [0.4, 0.5) is 18.9 Å². The van der Waals surface area contributed by atoms with Gasteiger partial charge >= 0.3 is 6.18 Å². The molecule has 0 unspecified atom stereocenters. The van der Waals surface area contributed by atoms with Crippen molar-refractivity contribution in [3.05, 3.63) is 89.0 Å². The molecule has 13 heteroatoms. The van der Waals surface area contributed by atoms with Crippen LogP contribution in [0, 0.1) is 6.92 Å². The number of amides is 1. The van der Waals surface area contributed by atoms with Crippen LogP contribution in [0.3, 0.4) is 0 Å². The zero-order valence-corrected chi connectivity index (χ0v) is 26.1. The Balaban J connectivity index is 1.40. The van der Waals surface area contributed by atoms with E-state index in [2.05, 4.69) is 37.0 Å². The molecular weight excluding hydrogens is 597 g/mol. The van der Waals surface area contributed by atoms with Crippen molar-refractivity contribution in [2.24, 2.45) is 12.0 Å². The maximum Gasteiger partial charge on any atom is 0.416 e. The van der Waals surface area contributed by atoms with E-state index in [-0.39, 0.29) is 29.2 Å². The van der Waals surface area contributed by atoms with Crippen molar-refractivity contribution in [1.82, 2.24) is 29.5 Å². The van der Waals surface area contributed by atoms with E-state index in [4.69, 9.17) is 4.74 Å². The molecule has 0 spiro atoms. The van der Waals surface area contributed by atoms with Crippen LogP contribution >= 0.6 is 0 Å². The van der Waals surface area contributed by atoms with Crippen LogP contribution in [0.5, 0.6) is 11.6 Å². The summed E-state index contributed by atoms with van der Waals surface area (Å²) in [4.78, 5) is 30.4.